The molecule has 8 nitrogen and oxygen atoms in total. The van der Waals surface area contributed by atoms with Crippen LogP contribution in [0.25, 0.3) is 11.3 Å². The van der Waals surface area contributed by atoms with Crippen LogP contribution in [0, 0.1) is 35.8 Å². The number of aliphatic carboxylic acids is 1. The van der Waals surface area contributed by atoms with E-state index in [1.165, 1.54) is 6.07 Å². The van der Waals surface area contributed by atoms with E-state index in [0.717, 1.165) is 48.9 Å². The fourth-order valence-electron chi connectivity index (χ4n) is 5.62. The minimum absolute atomic E-state index is 0. The van der Waals surface area contributed by atoms with Gasteiger partial charge in [0.25, 0.3) is 0 Å². The van der Waals surface area contributed by atoms with Crippen LogP contribution in [0.15, 0.2) is 42.5 Å². The predicted molar refractivity (Wildman–Crippen MR) is 147 cm³/mol. The Labute approximate surface area is 266 Å². The number of ether oxygens (including phenoxy) is 1. The Kier molecular flexibility index (Phi) is 10.9. The predicted octanol–water partition coefficient (Wildman–Crippen LogP) is 0.983. The van der Waals surface area contributed by atoms with Crippen molar-refractivity contribution in [1.82, 2.24) is 14.9 Å². The second-order valence-corrected chi connectivity index (χ2v) is 10.7. The number of benzene rings is 1. The summed E-state index contributed by atoms with van der Waals surface area (Å²) >= 11 is 0. The van der Waals surface area contributed by atoms with Crippen molar-refractivity contribution in [2.75, 3.05) is 37.6 Å². The number of carboxylic acid groups (broad SMARTS) is 1. The van der Waals surface area contributed by atoms with E-state index in [2.05, 4.69) is 16.0 Å². The molecule has 0 radical (unpaired) electrons. The minimum Gasteiger partial charge on any atom is -0.550 e. The van der Waals surface area contributed by atoms with Gasteiger partial charge in [0, 0.05) is 59.5 Å². The molecule has 0 saturated carbocycles. The number of pyridine rings is 2. The van der Waals surface area contributed by atoms with Gasteiger partial charge in [0.1, 0.15) is 18.2 Å². The van der Waals surface area contributed by atoms with Crippen molar-refractivity contribution >= 4 is 11.8 Å². The molecule has 2 aliphatic rings. The van der Waals surface area contributed by atoms with E-state index in [4.69, 9.17) is 15.0 Å². The number of carbonyl (C=O) groups excluding carboxylic acids is 1. The van der Waals surface area contributed by atoms with E-state index in [0.29, 0.717) is 49.9 Å². The number of carboxylic acids is 1. The maximum Gasteiger partial charge on any atom is 1.00 e. The molecule has 0 bridgehead atoms. The fourth-order valence-corrected chi connectivity index (χ4v) is 5.62. The Morgan fingerprint density at radius 3 is 2.48 bits per heavy atom. The van der Waals surface area contributed by atoms with E-state index in [9.17, 15) is 14.3 Å². The van der Waals surface area contributed by atoms with Gasteiger partial charge >= 0.3 is 29.6 Å². The standard InChI is InChI=1S/C31H33F2N5O3.Na/c1-20-23(5-6-27(35-20)21-7-12-37(13-8-21)16-11-34)19-41-30-25(17-24(32)18-26(30)33)28-3-2-4-29(36-28)38-14-9-22(10-15-38)31(39)40;/h2-6,17-18,21-22H,7-10,12-16,19H2,1H3,(H,39,40);/q;+1/p-1. The van der Waals surface area contributed by atoms with Gasteiger partial charge in [-0.1, -0.05) is 12.1 Å². The molecule has 5 rings (SSSR count). The molecule has 11 heteroatoms. The maximum absolute atomic E-state index is 15.1. The number of aryl methyl sites for hydroxylation is 1. The number of halogens is 2. The smallest absolute Gasteiger partial charge is 0.550 e. The van der Waals surface area contributed by atoms with Crippen molar-refractivity contribution in [2.24, 2.45) is 5.92 Å². The topological polar surface area (TPSA) is 105 Å². The second kappa shape index (κ2) is 14.4. The molecule has 2 saturated heterocycles. The molecular weight excluding hydrogens is 551 g/mol. The number of rotatable bonds is 8. The van der Waals surface area contributed by atoms with Crippen molar-refractivity contribution in [3.05, 3.63) is 71.1 Å². The van der Waals surface area contributed by atoms with E-state index in [1.807, 2.05) is 24.0 Å². The van der Waals surface area contributed by atoms with E-state index in [-0.39, 0.29) is 47.5 Å². The number of nitrogens with zero attached hydrogens (tertiary/aromatic N) is 5. The maximum atomic E-state index is 15.1. The van der Waals surface area contributed by atoms with Crippen molar-refractivity contribution < 1.29 is 53.0 Å². The quantitative estimate of drug-likeness (QED) is 0.286. The summed E-state index contributed by atoms with van der Waals surface area (Å²) in [5.74, 6) is -2.26. The largest absolute Gasteiger partial charge is 1.00 e. The van der Waals surface area contributed by atoms with Gasteiger partial charge in [-0.25, -0.2) is 13.8 Å². The zero-order chi connectivity index (χ0) is 28.9. The van der Waals surface area contributed by atoms with Crippen molar-refractivity contribution in [2.45, 2.75) is 45.1 Å². The molecule has 0 N–H and O–H groups in total. The van der Waals surface area contributed by atoms with E-state index in [1.54, 1.807) is 18.2 Å². The van der Waals surface area contributed by atoms with Crippen LogP contribution in [-0.4, -0.2) is 53.6 Å². The molecule has 0 spiro atoms. The van der Waals surface area contributed by atoms with Gasteiger partial charge in [0.15, 0.2) is 11.6 Å². The van der Waals surface area contributed by atoms with Gasteiger partial charge in [-0.05, 0) is 70.0 Å². The zero-order valence-corrected chi connectivity index (χ0v) is 26.0. The summed E-state index contributed by atoms with van der Waals surface area (Å²) in [6, 6.07) is 13.3. The summed E-state index contributed by atoms with van der Waals surface area (Å²) in [5, 5.41) is 20.1. The summed E-state index contributed by atoms with van der Waals surface area (Å²) in [6.07, 6.45) is 2.78. The monoisotopic (exact) mass is 583 g/mol. The molecule has 2 aromatic heterocycles. The van der Waals surface area contributed by atoms with Gasteiger partial charge in [-0.15, -0.1) is 0 Å². The number of piperidine rings is 2. The zero-order valence-electron chi connectivity index (χ0n) is 24.0. The van der Waals surface area contributed by atoms with Crippen LogP contribution in [0.4, 0.5) is 14.6 Å². The first kappa shape index (κ1) is 31.8. The van der Waals surface area contributed by atoms with E-state index >= 15 is 4.39 Å². The molecular formula is C31H32F2N5NaO3. The Balaban J connectivity index is 0.00000405. The first-order valence-electron chi connectivity index (χ1n) is 13.9. The molecule has 3 aromatic rings. The molecule has 0 atom stereocenters. The second-order valence-electron chi connectivity index (χ2n) is 10.7. The van der Waals surface area contributed by atoms with Crippen LogP contribution in [0.5, 0.6) is 5.75 Å². The number of hydrogen-bond acceptors (Lipinski definition) is 8. The summed E-state index contributed by atoms with van der Waals surface area (Å²) in [4.78, 5) is 24.8. The SMILES string of the molecule is Cc1nc(C2CCN(CC#N)CC2)ccc1COc1c(F)cc(F)cc1-c1cccc(N2CCC(C(=O)[O-])CC2)n1.[Na+]. The Morgan fingerprint density at radius 2 is 1.81 bits per heavy atom. The molecule has 214 valence electrons. The molecule has 0 amide bonds. The summed E-state index contributed by atoms with van der Waals surface area (Å²) < 4.78 is 35.4. The molecule has 2 fully saturated rings. The average Bonchev–Trinajstić information content (AvgIpc) is 2.97. The van der Waals surface area contributed by atoms with Gasteiger partial charge in [-0.3, -0.25) is 9.88 Å². The Bertz CT molecular complexity index is 1450. The molecule has 1 aromatic carbocycles. The van der Waals surface area contributed by atoms with Gasteiger partial charge in [-0.2, -0.15) is 5.26 Å². The normalized spacial score (nSPS) is 16.5. The van der Waals surface area contributed by atoms with Gasteiger partial charge in [0.2, 0.25) is 0 Å². The number of hydrogen-bond donors (Lipinski definition) is 0. The van der Waals surface area contributed by atoms with Crippen molar-refractivity contribution in [3.63, 3.8) is 0 Å². The van der Waals surface area contributed by atoms with E-state index < -0.39 is 23.5 Å². The van der Waals surface area contributed by atoms with Crippen LogP contribution >= 0.6 is 0 Å². The Morgan fingerprint density at radius 1 is 1.07 bits per heavy atom. The van der Waals surface area contributed by atoms with Crippen molar-refractivity contribution in [3.8, 4) is 23.1 Å². The molecule has 0 unspecified atom stereocenters. The fraction of sp³-hybridized carbons (Fsp3) is 0.419. The third kappa shape index (κ3) is 7.45. The molecule has 42 heavy (non-hydrogen) atoms. The number of anilines is 1. The molecule has 0 aliphatic carbocycles. The first-order valence-corrected chi connectivity index (χ1v) is 13.9. The third-order valence-electron chi connectivity index (χ3n) is 8.06. The Hall–Kier alpha value is -3.10. The van der Waals surface area contributed by atoms with Crippen LogP contribution in [-0.2, 0) is 11.4 Å². The van der Waals surface area contributed by atoms with Crippen LogP contribution in [0.2, 0.25) is 0 Å². The third-order valence-corrected chi connectivity index (χ3v) is 8.06. The van der Waals surface area contributed by atoms with Crippen LogP contribution in [0.1, 0.15) is 48.6 Å². The number of nitriles is 1. The number of carbonyl (C=O) groups is 1. The summed E-state index contributed by atoms with van der Waals surface area (Å²) in [7, 11) is 0. The van der Waals surface area contributed by atoms with Gasteiger partial charge in [0.05, 0.1) is 18.3 Å². The average molecular weight is 584 g/mol. The van der Waals surface area contributed by atoms with Crippen molar-refractivity contribution in [1.29, 1.82) is 5.26 Å². The molecule has 2 aliphatic heterocycles. The summed E-state index contributed by atoms with van der Waals surface area (Å²) in [5.41, 5.74) is 3.13. The minimum atomic E-state index is -1.04. The number of likely N-dealkylation sites (tertiary alicyclic amines) is 1. The van der Waals surface area contributed by atoms with Gasteiger partial charge < -0.3 is 19.5 Å². The first-order chi connectivity index (χ1) is 19.8. The molecule has 4 heterocycles. The number of aromatic nitrogens is 2. The van der Waals surface area contributed by atoms with Crippen LogP contribution < -0.4 is 44.3 Å². The summed E-state index contributed by atoms with van der Waals surface area (Å²) in [6.45, 7) is 5.11. The van der Waals surface area contributed by atoms with Crippen LogP contribution in [0.3, 0.4) is 0 Å².